The van der Waals surface area contributed by atoms with Gasteiger partial charge in [0.1, 0.15) is 11.8 Å². The number of hydrogen-bond donors (Lipinski definition) is 3. The van der Waals surface area contributed by atoms with Crippen LogP contribution < -0.4 is 11.1 Å². The zero-order valence-electron chi connectivity index (χ0n) is 14.5. The number of ketones is 1. The lowest BCUT2D eigenvalue weighted by molar-refractivity contribution is -0.144. The van der Waals surface area contributed by atoms with E-state index in [1.807, 2.05) is 30.3 Å². The number of rotatable bonds is 11. The van der Waals surface area contributed by atoms with Gasteiger partial charge in [-0.2, -0.15) is 0 Å². The predicted octanol–water partition coefficient (Wildman–Crippen LogP) is 1.28. The molecule has 8 heteroatoms. The first kappa shape index (κ1) is 21.8. The minimum atomic E-state index is -1.34. The maximum absolute atomic E-state index is 12.4. The van der Waals surface area contributed by atoms with Gasteiger partial charge in [-0.3, -0.25) is 14.4 Å². The van der Waals surface area contributed by atoms with Gasteiger partial charge in [0.15, 0.2) is 0 Å². The van der Waals surface area contributed by atoms with Crippen molar-refractivity contribution in [2.45, 2.75) is 32.2 Å². The van der Waals surface area contributed by atoms with Crippen molar-refractivity contribution in [2.24, 2.45) is 17.6 Å². The molecule has 0 saturated carbocycles. The van der Waals surface area contributed by atoms with E-state index < -0.39 is 35.7 Å². The van der Waals surface area contributed by atoms with Gasteiger partial charge < -0.3 is 16.2 Å². The van der Waals surface area contributed by atoms with Crippen LogP contribution in [0.3, 0.4) is 0 Å². The topological polar surface area (TPSA) is 127 Å². The number of carboxylic acids is 1. The Kier molecular flexibility index (Phi) is 8.98. The molecule has 0 spiro atoms. The molecule has 3 unspecified atom stereocenters. The summed E-state index contributed by atoms with van der Waals surface area (Å²) < 4.78 is 0. The lowest BCUT2D eigenvalue weighted by Gasteiger charge is -2.22. The first-order valence-electron chi connectivity index (χ1n) is 8.20. The summed E-state index contributed by atoms with van der Waals surface area (Å²) in [6.45, 7) is 1.53. The molecule has 0 aliphatic rings. The maximum atomic E-state index is 12.4. The van der Waals surface area contributed by atoms with Crippen molar-refractivity contribution in [3.8, 4) is 0 Å². The van der Waals surface area contributed by atoms with Crippen LogP contribution in [0.4, 0.5) is 0 Å². The van der Waals surface area contributed by atoms with Crippen molar-refractivity contribution in [2.75, 3.05) is 5.33 Å². The number of halogens is 1. The number of primary amides is 1. The quantitative estimate of drug-likeness (QED) is 0.459. The third kappa shape index (κ3) is 6.95. The van der Waals surface area contributed by atoms with E-state index in [9.17, 15) is 24.3 Å². The van der Waals surface area contributed by atoms with E-state index in [0.29, 0.717) is 12.8 Å². The zero-order valence-corrected chi connectivity index (χ0v) is 16.1. The Morgan fingerprint density at radius 1 is 1.19 bits per heavy atom. The molecular weight excluding hydrogens is 404 g/mol. The smallest absolute Gasteiger partial charge is 0.326 e. The Bertz CT molecular complexity index is 650. The van der Waals surface area contributed by atoms with Gasteiger partial charge in [0.2, 0.25) is 11.8 Å². The van der Waals surface area contributed by atoms with Crippen LogP contribution in [0.15, 0.2) is 30.3 Å². The van der Waals surface area contributed by atoms with E-state index in [1.165, 1.54) is 6.92 Å². The lowest BCUT2D eigenvalue weighted by atomic mass is 9.87. The fraction of sp³-hybridized carbons (Fsp3) is 0.444. The third-order valence-electron chi connectivity index (χ3n) is 4.16. The van der Waals surface area contributed by atoms with E-state index in [1.54, 1.807) is 0 Å². The molecule has 0 aromatic heterocycles. The molecule has 7 nitrogen and oxygen atoms in total. The second kappa shape index (κ2) is 10.7. The monoisotopic (exact) mass is 426 g/mol. The van der Waals surface area contributed by atoms with E-state index >= 15 is 0 Å². The Morgan fingerprint density at radius 2 is 1.81 bits per heavy atom. The fourth-order valence-corrected chi connectivity index (χ4v) is 2.80. The number of carbonyl (C=O) groups excluding carboxylic acids is 3. The van der Waals surface area contributed by atoms with Crippen molar-refractivity contribution >= 4 is 39.5 Å². The number of carbonyl (C=O) groups is 4. The van der Waals surface area contributed by atoms with Gasteiger partial charge in [-0.1, -0.05) is 53.2 Å². The van der Waals surface area contributed by atoms with Crippen LogP contribution in [0.1, 0.15) is 25.3 Å². The number of nitrogens with two attached hydrogens (primary N) is 1. The number of hydrogen-bond acceptors (Lipinski definition) is 4. The molecule has 142 valence electrons. The average Bonchev–Trinajstić information content (AvgIpc) is 2.61. The maximum Gasteiger partial charge on any atom is 0.326 e. The highest BCUT2D eigenvalue weighted by atomic mass is 79.9. The fourth-order valence-electron chi connectivity index (χ4n) is 2.57. The minimum Gasteiger partial charge on any atom is -0.480 e. The second-order valence-electron chi connectivity index (χ2n) is 6.10. The van der Waals surface area contributed by atoms with Gasteiger partial charge in [-0.05, 0) is 18.4 Å². The Labute approximate surface area is 160 Å². The van der Waals surface area contributed by atoms with Crippen LogP contribution in [0.5, 0.6) is 0 Å². The number of aliphatic carboxylic acids is 1. The molecule has 3 atom stereocenters. The van der Waals surface area contributed by atoms with Crippen LogP contribution in [0, 0.1) is 11.8 Å². The highest BCUT2D eigenvalue weighted by molar-refractivity contribution is 9.09. The molecule has 0 heterocycles. The summed E-state index contributed by atoms with van der Waals surface area (Å²) in [5.41, 5.74) is 6.45. The molecular formula is C18H23BrN2O5. The molecule has 0 aliphatic carbocycles. The van der Waals surface area contributed by atoms with Crippen molar-refractivity contribution in [3.05, 3.63) is 35.9 Å². The van der Waals surface area contributed by atoms with Gasteiger partial charge in [0.25, 0.3) is 0 Å². The van der Waals surface area contributed by atoms with Gasteiger partial charge >= 0.3 is 5.97 Å². The Morgan fingerprint density at radius 3 is 2.31 bits per heavy atom. The summed E-state index contributed by atoms with van der Waals surface area (Å²) in [6.07, 6.45) is 0.604. The summed E-state index contributed by atoms with van der Waals surface area (Å²) in [5, 5.41) is 11.5. The molecule has 1 aromatic rings. The molecule has 0 bridgehead atoms. The number of benzene rings is 1. The predicted molar refractivity (Wildman–Crippen MR) is 99.6 cm³/mol. The molecule has 1 rings (SSSR count). The molecule has 0 radical (unpaired) electrons. The number of alkyl halides is 1. The molecule has 0 saturated heterocycles. The van der Waals surface area contributed by atoms with Gasteiger partial charge in [-0.25, -0.2) is 4.79 Å². The highest BCUT2D eigenvalue weighted by Crippen LogP contribution is 2.19. The highest BCUT2D eigenvalue weighted by Gasteiger charge is 2.31. The molecule has 26 heavy (non-hydrogen) atoms. The molecule has 0 fully saturated rings. The van der Waals surface area contributed by atoms with E-state index in [0.717, 1.165) is 5.56 Å². The van der Waals surface area contributed by atoms with Crippen LogP contribution in [-0.2, 0) is 25.6 Å². The third-order valence-corrected chi connectivity index (χ3v) is 4.79. The SMILES string of the molecule is CC(C(=O)NC(CC(=O)CBr)C(=O)O)C(CCc1ccccc1)C(N)=O. The number of amides is 2. The summed E-state index contributed by atoms with van der Waals surface area (Å²) in [6, 6.07) is 8.12. The Balaban J connectivity index is 2.75. The number of nitrogens with one attached hydrogen (secondary N) is 1. The molecule has 2 amide bonds. The Hall–Kier alpha value is -2.22. The van der Waals surface area contributed by atoms with Gasteiger partial charge in [0, 0.05) is 18.3 Å². The number of Topliss-reactive ketones (excluding diaryl/α,β-unsaturated/α-hetero) is 1. The second-order valence-corrected chi connectivity index (χ2v) is 6.66. The van der Waals surface area contributed by atoms with Crippen LogP contribution in [0.25, 0.3) is 0 Å². The normalized spacial score (nSPS) is 14.1. The molecule has 4 N–H and O–H groups in total. The molecule has 1 aromatic carbocycles. The lowest BCUT2D eigenvalue weighted by Crippen LogP contribution is -2.47. The number of carboxylic acid groups (broad SMARTS) is 1. The van der Waals surface area contributed by atoms with E-state index in [2.05, 4.69) is 21.2 Å². The van der Waals surface area contributed by atoms with Gasteiger partial charge in [0.05, 0.1) is 5.33 Å². The minimum absolute atomic E-state index is 0.00317. The van der Waals surface area contributed by atoms with Gasteiger partial charge in [-0.15, -0.1) is 0 Å². The summed E-state index contributed by atoms with van der Waals surface area (Å²) in [4.78, 5) is 46.8. The first-order valence-corrected chi connectivity index (χ1v) is 9.32. The van der Waals surface area contributed by atoms with Crippen molar-refractivity contribution in [3.63, 3.8) is 0 Å². The first-order chi connectivity index (χ1) is 12.3. The van der Waals surface area contributed by atoms with Crippen molar-refractivity contribution in [1.82, 2.24) is 5.32 Å². The summed E-state index contributed by atoms with van der Waals surface area (Å²) in [7, 11) is 0. The van der Waals surface area contributed by atoms with E-state index in [4.69, 9.17) is 5.73 Å². The summed E-state index contributed by atoms with van der Waals surface area (Å²) >= 11 is 2.96. The van der Waals surface area contributed by atoms with Crippen LogP contribution >= 0.6 is 15.9 Å². The van der Waals surface area contributed by atoms with Crippen LogP contribution in [0.2, 0.25) is 0 Å². The van der Waals surface area contributed by atoms with Crippen molar-refractivity contribution in [1.29, 1.82) is 0 Å². The van der Waals surface area contributed by atoms with E-state index in [-0.39, 0.29) is 17.5 Å². The average molecular weight is 427 g/mol. The molecule has 0 aliphatic heterocycles. The standard InChI is InChI=1S/C18H23BrN2O5/c1-11(17(24)21-15(18(25)26)9-13(22)10-19)14(16(20)23)8-7-12-5-3-2-4-6-12/h2-6,11,14-15H,7-10H2,1H3,(H2,20,23)(H,21,24)(H,25,26). The number of aryl methyl sites for hydroxylation is 1. The van der Waals surface area contributed by atoms with Crippen molar-refractivity contribution < 1.29 is 24.3 Å². The van der Waals surface area contributed by atoms with Crippen LogP contribution in [-0.4, -0.2) is 40.0 Å². The summed E-state index contributed by atoms with van der Waals surface area (Å²) in [5.74, 6) is -4.43. The largest absolute Gasteiger partial charge is 0.480 e. The zero-order chi connectivity index (χ0) is 19.7.